The van der Waals surface area contributed by atoms with E-state index in [0.29, 0.717) is 16.1 Å². The van der Waals surface area contributed by atoms with Crippen LogP contribution in [0.1, 0.15) is 0 Å². The number of benzene rings is 2. The molecular formula is C19H15N3OS. The average Bonchev–Trinajstić information content (AvgIpc) is 2.64. The van der Waals surface area contributed by atoms with Crippen LogP contribution in [0.4, 0.5) is 0 Å². The number of para-hydroxylation sites is 1. The maximum Gasteiger partial charge on any atom is 0.262 e. The monoisotopic (exact) mass is 333 g/mol. The minimum absolute atomic E-state index is 0.0415. The average molecular weight is 333 g/mol. The summed E-state index contributed by atoms with van der Waals surface area (Å²) in [5.41, 5.74) is 3.13. The second-order valence-electron chi connectivity index (χ2n) is 5.53. The number of hydrogen-bond acceptors (Lipinski definition) is 4. The Hall–Kier alpha value is -2.66. The van der Waals surface area contributed by atoms with Crippen LogP contribution >= 0.6 is 11.8 Å². The smallest absolute Gasteiger partial charge is 0.262 e. The second kappa shape index (κ2) is 5.76. The highest BCUT2D eigenvalue weighted by Gasteiger charge is 2.17. The van der Waals surface area contributed by atoms with E-state index < -0.39 is 0 Å². The lowest BCUT2D eigenvalue weighted by Crippen LogP contribution is -2.20. The van der Waals surface area contributed by atoms with Crippen LogP contribution in [0.2, 0.25) is 0 Å². The predicted octanol–water partition coefficient (Wildman–Crippen LogP) is 3.87. The van der Waals surface area contributed by atoms with Crippen molar-refractivity contribution >= 4 is 33.6 Å². The molecule has 0 saturated carbocycles. The Bertz CT molecular complexity index is 1120. The first kappa shape index (κ1) is 14.9. The number of aromatic nitrogens is 3. The summed E-state index contributed by atoms with van der Waals surface area (Å²) in [6.07, 6.45) is 1.92. The number of rotatable bonds is 2. The Morgan fingerprint density at radius 2 is 1.67 bits per heavy atom. The first-order valence-corrected chi connectivity index (χ1v) is 8.82. The number of pyridine rings is 1. The lowest BCUT2D eigenvalue weighted by Gasteiger charge is -2.12. The Morgan fingerprint density at radius 1 is 0.958 bits per heavy atom. The molecule has 0 aliphatic carbocycles. The van der Waals surface area contributed by atoms with Crippen molar-refractivity contribution in [3.05, 3.63) is 65.0 Å². The van der Waals surface area contributed by atoms with Gasteiger partial charge in [0.2, 0.25) is 0 Å². The molecule has 0 aliphatic rings. The Morgan fingerprint density at radius 3 is 2.42 bits per heavy atom. The van der Waals surface area contributed by atoms with Crippen molar-refractivity contribution in [1.29, 1.82) is 0 Å². The van der Waals surface area contributed by atoms with Gasteiger partial charge in [-0.15, -0.1) is 0 Å². The van der Waals surface area contributed by atoms with E-state index in [1.165, 1.54) is 11.8 Å². The van der Waals surface area contributed by atoms with Crippen LogP contribution in [-0.2, 0) is 7.05 Å². The molecule has 0 amide bonds. The van der Waals surface area contributed by atoms with E-state index in [-0.39, 0.29) is 5.56 Å². The molecule has 4 aromatic rings. The van der Waals surface area contributed by atoms with Gasteiger partial charge in [-0.05, 0) is 12.3 Å². The van der Waals surface area contributed by atoms with E-state index in [1.54, 1.807) is 11.6 Å². The van der Waals surface area contributed by atoms with Crippen LogP contribution in [0.3, 0.4) is 0 Å². The minimum Gasteiger partial charge on any atom is -0.290 e. The molecule has 0 radical (unpaired) electrons. The summed E-state index contributed by atoms with van der Waals surface area (Å²) in [7, 11) is 1.76. The third-order valence-electron chi connectivity index (χ3n) is 4.11. The summed E-state index contributed by atoms with van der Waals surface area (Å²) >= 11 is 1.46. The largest absolute Gasteiger partial charge is 0.290 e. The van der Waals surface area contributed by atoms with E-state index in [9.17, 15) is 4.79 Å². The van der Waals surface area contributed by atoms with Gasteiger partial charge in [-0.3, -0.25) is 9.36 Å². The molecule has 24 heavy (non-hydrogen) atoms. The van der Waals surface area contributed by atoms with E-state index in [4.69, 9.17) is 9.97 Å². The van der Waals surface area contributed by atoms with Crippen LogP contribution in [0.5, 0.6) is 0 Å². The quantitative estimate of drug-likeness (QED) is 0.317. The molecule has 0 atom stereocenters. The third kappa shape index (κ3) is 2.20. The van der Waals surface area contributed by atoms with Gasteiger partial charge >= 0.3 is 0 Å². The van der Waals surface area contributed by atoms with E-state index in [2.05, 4.69) is 0 Å². The number of fused-ring (bicyclic) bond motifs is 3. The fourth-order valence-corrected chi connectivity index (χ4v) is 3.47. The van der Waals surface area contributed by atoms with Crippen molar-refractivity contribution < 1.29 is 0 Å². The van der Waals surface area contributed by atoms with Crippen LogP contribution < -0.4 is 5.56 Å². The summed E-state index contributed by atoms with van der Waals surface area (Å²) in [6, 6.07) is 17.6. The van der Waals surface area contributed by atoms with E-state index in [1.807, 2.05) is 60.9 Å². The fourth-order valence-electron chi connectivity index (χ4n) is 2.93. The van der Waals surface area contributed by atoms with Crippen molar-refractivity contribution in [3.8, 4) is 11.3 Å². The van der Waals surface area contributed by atoms with Crippen LogP contribution in [0, 0.1) is 0 Å². The van der Waals surface area contributed by atoms with E-state index >= 15 is 0 Å². The molecule has 0 fully saturated rings. The zero-order chi connectivity index (χ0) is 16.7. The Labute approximate surface area is 143 Å². The Kier molecular flexibility index (Phi) is 3.58. The molecule has 5 heteroatoms. The molecule has 4 rings (SSSR count). The fraction of sp³-hybridized carbons (Fsp3) is 0.105. The summed E-state index contributed by atoms with van der Waals surface area (Å²) in [6.45, 7) is 0. The molecule has 2 aromatic carbocycles. The van der Waals surface area contributed by atoms with Crippen LogP contribution in [-0.4, -0.2) is 20.8 Å². The number of thioether (sulfide) groups is 1. The predicted molar refractivity (Wildman–Crippen MR) is 99.5 cm³/mol. The van der Waals surface area contributed by atoms with Crippen LogP contribution in [0.25, 0.3) is 33.1 Å². The number of hydrogen-bond donors (Lipinski definition) is 0. The first-order valence-electron chi connectivity index (χ1n) is 7.59. The second-order valence-corrected chi connectivity index (χ2v) is 6.30. The topological polar surface area (TPSA) is 47.8 Å². The third-order valence-corrected chi connectivity index (χ3v) is 4.84. The van der Waals surface area contributed by atoms with Gasteiger partial charge in [0.25, 0.3) is 5.56 Å². The SMILES string of the molecule is CSc1nc2c(-c3ccccc3)nc3ccccc3c2c(=O)n1C. The van der Waals surface area contributed by atoms with Gasteiger partial charge in [0.05, 0.1) is 16.6 Å². The minimum atomic E-state index is -0.0415. The molecule has 0 unspecified atom stereocenters. The maximum absolute atomic E-state index is 13.0. The van der Waals surface area contributed by atoms with E-state index in [0.717, 1.165) is 22.2 Å². The molecule has 0 bridgehead atoms. The lowest BCUT2D eigenvalue weighted by atomic mass is 10.0. The standard InChI is InChI=1S/C19H15N3OS/c1-22-18(23)15-13-10-6-7-11-14(13)20-16(12-8-4-3-5-9-12)17(15)21-19(22)24-2/h3-11H,1-2H3. The van der Waals surface area contributed by atoms with Crippen molar-refractivity contribution in [2.24, 2.45) is 7.05 Å². The Balaban J connectivity index is 2.27. The molecule has 0 spiro atoms. The van der Waals surface area contributed by atoms with Gasteiger partial charge < -0.3 is 0 Å². The number of nitrogens with zero attached hydrogens (tertiary/aromatic N) is 3. The van der Waals surface area contributed by atoms with Crippen LogP contribution in [0.15, 0.2) is 64.5 Å². The summed E-state index contributed by atoms with van der Waals surface area (Å²) in [4.78, 5) is 22.5. The normalized spacial score (nSPS) is 11.2. The summed E-state index contributed by atoms with van der Waals surface area (Å²) in [5, 5.41) is 2.15. The molecule has 0 saturated heterocycles. The van der Waals surface area contributed by atoms with Gasteiger partial charge in [0.15, 0.2) is 5.16 Å². The molecular weight excluding hydrogens is 318 g/mol. The van der Waals surface area contributed by atoms with Gasteiger partial charge in [-0.25, -0.2) is 9.97 Å². The van der Waals surface area contributed by atoms with Crippen molar-refractivity contribution in [3.63, 3.8) is 0 Å². The zero-order valence-electron chi connectivity index (χ0n) is 13.4. The highest BCUT2D eigenvalue weighted by Crippen LogP contribution is 2.30. The molecule has 4 nitrogen and oxygen atoms in total. The molecule has 0 N–H and O–H groups in total. The summed E-state index contributed by atoms with van der Waals surface area (Å²) in [5.74, 6) is 0. The van der Waals surface area contributed by atoms with Crippen molar-refractivity contribution in [2.75, 3.05) is 6.26 Å². The molecule has 0 aliphatic heterocycles. The van der Waals surface area contributed by atoms with Gasteiger partial charge in [0.1, 0.15) is 5.52 Å². The lowest BCUT2D eigenvalue weighted by molar-refractivity contribution is 0.728. The highest BCUT2D eigenvalue weighted by molar-refractivity contribution is 7.98. The molecule has 2 heterocycles. The van der Waals surface area contributed by atoms with Crippen molar-refractivity contribution in [2.45, 2.75) is 5.16 Å². The van der Waals surface area contributed by atoms with Gasteiger partial charge in [0, 0.05) is 18.0 Å². The first-order chi connectivity index (χ1) is 11.7. The maximum atomic E-state index is 13.0. The van der Waals surface area contributed by atoms with Gasteiger partial charge in [-0.2, -0.15) is 0 Å². The highest BCUT2D eigenvalue weighted by atomic mass is 32.2. The molecule has 118 valence electrons. The zero-order valence-corrected chi connectivity index (χ0v) is 14.2. The van der Waals surface area contributed by atoms with Crippen molar-refractivity contribution in [1.82, 2.24) is 14.5 Å². The van der Waals surface area contributed by atoms with Gasteiger partial charge in [-0.1, -0.05) is 60.3 Å². The molecule has 2 aromatic heterocycles. The summed E-state index contributed by atoms with van der Waals surface area (Å²) < 4.78 is 1.61.